The van der Waals surface area contributed by atoms with E-state index in [0.29, 0.717) is 28.4 Å². The smallest absolute Gasteiger partial charge is 0.496 e. The van der Waals surface area contributed by atoms with Gasteiger partial charge in [-0.2, -0.15) is 0 Å². The van der Waals surface area contributed by atoms with Crippen molar-refractivity contribution in [1.82, 2.24) is 14.9 Å². The van der Waals surface area contributed by atoms with Gasteiger partial charge >= 0.3 is 6.36 Å². The number of benzene rings is 3. The van der Waals surface area contributed by atoms with Gasteiger partial charge in [-0.3, -0.25) is 9.36 Å². The summed E-state index contributed by atoms with van der Waals surface area (Å²) in [6.45, 7) is 0.114. The summed E-state index contributed by atoms with van der Waals surface area (Å²) in [5, 5.41) is 2.75. The lowest BCUT2D eigenvalue weighted by Gasteiger charge is -2.14. The molecule has 0 spiro atoms. The van der Waals surface area contributed by atoms with E-state index in [0.717, 1.165) is 11.1 Å². The number of aromatic nitrogens is 2. The van der Waals surface area contributed by atoms with Crippen LogP contribution in [0.25, 0.3) is 16.8 Å². The molecule has 10 heteroatoms. The third-order valence-corrected chi connectivity index (χ3v) is 5.34. The summed E-state index contributed by atoms with van der Waals surface area (Å²) in [5.74, 6) is 0.619. The first kappa shape index (κ1) is 24.6. The highest BCUT2D eigenvalue weighted by molar-refractivity contribution is 5.93. The lowest BCUT2D eigenvalue weighted by atomic mass is 10.0. The van der Waals surface area contributed by atoms with Crippen molar-refractivity contribution in [3.05, 3.63) is 90.5 Å². The zero-order valence-corrected chi connectivity index (χ0v) is 19.4. The van der Waals surface area contributed by atoms with Gasteiger partial charge in [-0.25, -0.2) is 4.98 Å². The van der Waals surface area contributed by atoms with Gasteiger partial charge in [0.25, 0.3) is 5.91 Å². The molecule has 0 saturated carbocycles. The number of ether oxygens (including phenoxy) is 3. The Hall–Kier alpha value is -4.47. The standard InChI is InChI=1S/C26H22F3N3O4/c1-34-22-4-3-5-23(35-2)24(22)18-8-10-19(11-9-18)32-16-30-15-21(32)25(33)31-14-17-6-12-20(13-7-17)36-26(27,28)29/h3-13,15-16H,14H2,1-2H3,(H,31,33). The van der Waals surface area contributed by atoms with Crippen molar-refractivity contribution in [2.24, 2.45) is 0 Å². The summed E-state index contributed by atoms with van der Waals surface area (Å²) >= 11 is 0. The average Bonchev–Trinajstić information content (AvgIpc) is 3.37. The maximum atomic E-state index is 12.8. The van der Waals surface area contributed by atoms with Crippen LogP contribution in [0, 0.1) is 0 Å². The molecule has 0 aliphatic carbocycles. The van der Waals surface area contributed by atoms with E-state index in [1.807, 2.05) is 42.5 Å². The monoisotopic (exact) mass is 497 g/mol. The van der Waals surface area contributed by atoms with Crippen LogP contribution in [-0.2, 0) is 6.54 Å². The average molecular weight is 497 g/mol. The van der Waals surface area contributed by atoms with Crippen LogP contribution in [0.2, 0.25) is 0 Å². The van der Waals surface area contributed by atoms with Gasteiger partial charge in [-0.1, -0.05) is 30.3 Å². The molecule has 0 fully saturated rings. The second kappa shape index (κ2) is 10.4. The van der Waals surface area contributed by atoms with Gasteiger partial charge in [0.15, 0.2) is 0 Å². The number of halogens is 3. The number of methoxy groups -OCH3 is 2. The fraction of sp³-hybridized carbons (Fsp3) is 0.154. The molecule has 0 aliphatic heterocycles. The van der Waals surface area contributed by atoms with Crippen LogP contribution in [0.4, 0.5) is 13.2 Å². The van der Waals surface area contributed by atoms with Crippen LogP contribution in [-0.4, -0.2) is 36.0 Å². The normalized spacial score (nSPS) is 11.1. The van der Waals surface area contributed by atoms with Crippen molar-refractivity contribution in [2.45, 2.75) is 12.9 Å². The Kier molecular flexibility index (Phi) is 7.14. The molecule has 0 bridgehead atoms. The SMILES string of the molecule is COc1cccc(OC)c1-c1ccc(-n2cncc2C(=O)NCc2ccc(OC(F)(F)F)cc2)cc1. The minimum Gasteiger partial charge on any atom is -0.496 e. The predicted molar refractivity (Wildman–Crippen MR) is 126 cm³/mol. The molecule has 1 aromatic heterocycles. The van der Waals surface area contributed by atoms with Gasteiger partial charge < -0.3 is 19.5 Å². The number of carbonyl (C=O) groups is 1. The molecule has 0 radical (unpaired) electrons. The maximum absolute atomic E-state index is 12.8. The van der Waals surface area contributed by atoms with Crippen molar-refractivity contribution in [1.29, 1.82) is 0 Å². The Morgan fingerprint density at radius 3 is 2.17 bits per heavy atom. The number of carbonyl (C=O) groups excluding carboxylic acids is 1. The molecule has 1 heterocycles. The quantitative estimate of drug-likeness (QED) is 0.354. The van der Waals surface area contributed by atoms with Gasteiger partial charge in [0.05, 0.1) is 32.3 Å². The third-order valence-electron chi connectivity index (χ3n) is 5.34. The zero-order chi connectivity index (χ0) is 25.7. The summed E-state index contributed by atoms with van der Waals surface area (Å²) in [6, 6.07) is 18.3. The fourth-order valence-electron chi connectivity index (χ4n) is 3.68. The van der Waals surface area contributed by atoms with E-state index >= 15 is 0 Å². The number of nitrogens with one attached hydrogen (secondary N) is 1. The summed E-state index contributed by atoms with van der Waals surface area (Å²) < 4.78 is 53.4. The molecule has 0 saturated heterocycles. The molecule has 4 rings (SSSR count). The molecule has 1 amide bonds. The van der Waals surface area contributed by atoms with Crippen LogP contribution in [0.1, 0.15) is 16.1 Å². The molecule has 1 N–H and O–H groups in total. The fourth-order valence-corrected chi connectivity index (χ4v) is 3.68. The van der Waals surface area contributed by atoms with Crippen LogP contribution in [0.3, 0.4) is 0 Å². The van der Waals surface area contributed by atoms with Crippen molar-refractivity contribution in [2.75, 3.05) is 14.2 Å². The first-order chi connectivity index (χ1) is 17.3. The number of alkyl halides is 3. The van der Waals surface area contributed by atoms with Crippen LogP contribution >= 0.6 is 0 Å². The topological polar surface area (TPSA) is 74.6 Å². The second-order valence-corrected chi connectivity index (χ2v) is 7.61. The maximum Gasteiger partial charge on any atom is 0.573 e. The molecule has 0 unspecified atom stereocenters. The van der Waals surface area contributed by atoms with Gasteiger partial charge in [-0.05, 0) is 47.5 Å². The Morgan fingerprint density at radius 2 is 1.58 bits per heavy atom. The van der Waals surface area contributed by atoms with Gasteiger partial charge in [0.2, 0.25) is 0 Å². The molecular weight excluding hydrogens is 475 g/mol. The highest BCUT2D eigenvalue weighted by Crippen LogP contribution is 2.38. The van der Waals surface area contributed by atoms with Gasteiger partial charge in [0.1, 0.15) is 22.9 Å². The molecule has 186 valence electrons. The zero-order valence-electron chi connectivity index (χ0n) is 19.4. The number of amides is 1. The molecule has 3 aromatic carbocycles. The first-order valence-corrected chi connectivity index (χ1v) is 10.8. The molecule has 36 heavy (non-hydrogen) atoms. The van der Waals surface area contributed by atoms with Crippen molar-refractivity contribution in [3.8, 4) is 34.1 Å². The largest absolute Gasteiger partial charge is 0.573 e. The molecule has 7 nitrogen and oxygen atoms in total. The van der Waals surface area contributed by atoms with E-state index in [9.17, 15) is 18.0 Å². The summed E-state index contributed by atoms with van der Waals surface area (Å²) in [6.07, 6.45) is -1.80. The Morgan fingerprint density at radius 1 is 0.944 bits per heavy atom. The van der Waals surface area contributed by atoms with E-state index in [4.69, 9.17) is 9.47 Å². The highest BCUT2D eigenvalue weighted by Gasteiger charge is 2.31. The Labute approximate surface area is 205 Å². The molecule has 0 atom stereocenters. The van der Waals surface area contributed by atoms with E-state index in [1.165, 1.54) is 36.8 Å². The van der Waals surface area contributed by atoms with Gasteiger partial charge in [0, 0.05) is 12.2 Å². The molecule has 4 aromatic rings. The number of hydrogen-bond donors (Lipinski definition) is 1. The molecule has 0 aliphatic rings. The van der Waals surface area contributed by atoms with Crippen molar-refractivity contribution >= 4 is 5.91 Å². The van der Waals surface area contributed by atoms with Crippen LogP contribution in [0.15, 0.2) is 79.3 Å². The lowest BCUT2D eigenvalue weighted by molar-refractivity contribution is -0.274. The van der Waals surface area contributed by atoms with E-state index in [2.05, 4.69) is 15.0 Å². The second-order valence-electron chi connectivity index (χ2n) is 7.61. The van der Waals surface area contributed by atoms with E-state index in [1.54, 1.807) is 18.8 Å². The van der Waals surface area contributed by atoms with E-state index in [-0.39, 0.29) is 12.3 Å². The number of imidazole rings is 1. The lowest BCUT2D eigenvalue weighted by Crippen LogP contribution is -2.25. The van der Waals surface area contributed by atoms with Crippen LogP contribution < -0.4 is 19.5 Å². The summed E-state index contributed by atoms with van der Waals surface area (Å²) in [5.41, 5.74) is 3.30. The molecular formula is C26H22F3N3O4. The summed E-state index contributed by atoms with van der Waals surface area (Å²) in [7, 11) is 3.18. The number of hydrogen-bond acceptors (Lipinski definition) is 5. The highest BCUT2D eigenvalue weighted by atomic mass is 19.4. The van der Waals surface area contributed by atoms with Gasteiger partial charge in [-0.15, -0.1) is 13.2 Å². The van der Waals surface area contributed by atoms with E-state index < -0.39 is 12.3 Å². The third kappa shape index (κ3) is 5.60. The number of rotatable bonds is 8. The van der Waals surface area contributed by atoms with Crippen molar-refractivity contribution in [3.63, 3.8) is 0 Å². The predicted octanol–water partition coefficient (Wildman–Crippen LogP) is 5.39. The minimum atomic E-state index is -4.76. The Bertz CT molecular complexity index is 1310. The number of nitrogens with zero attached hydrogens (tertiary/aromatic N) is 2. The minimum absolute atomic E-state index is 0.114. The van der Waals surface area contributed by atoms with Crippen LogP contribution in [0.5, 0.6) is 17.2 Å². The van der Waals surface area contributed by atoms with Crippen molar-refractivity contribution < 1.29 is 32.2 Å². The summed E-state index contributed by atoms with van der Waals surface area (Å²) in [4.78, 5) is 16.9. The Balaban J connectivity index is 1.48. The first-order valence-electron chi connectivity index (χ1n) is 10.8.